The topological polar surface area (TPSA) is 79.3 Å². The Bertz CT molecular complexity index is 483. The second-order valence-corrected chi connectivity index (χ2v) is 6.82. The van der Waals surface area contributed by atoms with Crippen molar-refractivity contribution in [1.29, 1.82) is 0 Å². The van der Waals surface area contributed by atoms with Crippen LogP contribution in [0.4, 0.5) is 0 Å². The minimum atomic E-state index is -0.604. The van der Waals surface area contributed by atoms with Crippen molar-refractivity contribution in [2.75, 3.05) is 6.61 Å². The molecule has 2 saturated heterocycles. The Morgan fingerprint density at radius 3 is 2.75 bits per heavy atom. The molecule has 5 heteroatoms. The minimum Gasteiger partial charge on any atom is -0.461 e. The molecule has 2 N–H and O–H groups in total. The first-order valence-electron chi connectivity index (χ1n) is 7.34. The molecule has 8 atom stereocenters. The molecule has 4 aliphatic rings. The van der Waals surface area contributed by atoms with E-state index in [4.69, 9.17) is 9.47 Å². The predicted octanol–water partition coefficient (Wildman–Crippen LogP) is 0.251. The zero-order valence-electron chi connectivity index (χ0n) is 11.5. The lowest BCUT2D eigenvalue weighted by atomic mass is 9.77. The Labute approximate surface area is 117 Å². The summed E-state index contributed by atoms with van der Waals surface area (Å²) in [5.74, 6) is -0.783. The molecule has 5 nitrogen and oxygen atoms in total. The maximum absolute atomic E-state index is 11.9. The normalized spacial score (nSPS) is 57.2. The van der Waals surface area contributed by atoms with Crippen molar-refractivity contribution in [1.82, 2.24) is 0 Å². The molecule has 20 heavy (non-hydrogen) atoms. The zero-order chi connectivity index (χ0) is 14.2. The van der Waals surface area contributed by atoms with E-state index in [1.165, 1.54) is 0 Å². The quantitative estimate of drug-likeness (QED) is 0.378. The Balaban J connectivity index is 1.78. The number of carbonyl (C=O) groups is 1. The van der Waals surface area contributed by atoms with Gasteiger partial charge in [-0.3, -0.25) is 4.79 Å². The van der Waals surface area contributed by atoms with Gasteiger partial charge < -0.3 is 19.7 Å². The van der Waals surface area contributed by atoms with Crippen LogP contribution in [0.1, 0.15) is 19.8 Å². The molecular formula is C15H20O5. The number of carbonyl (C=O) groups excluding carboxylic acids is 1. The molecule has 2 saturated carbocycles. The fourth-order valence-corrected chi connectivity index (χ4v) is 4.73. The molecular weight excluding hydrogens is 260 g/mol. The maximum atomic E-state index is 11.9. The SMILES string of the molecule is C=C1C[C@H](O)[C@@H]2[C@H](OC(=O)[C@H]2C)[C@@H]2[C@H]1C[C@H](O)[C@]21CO1. The molecule has 0 aromatic rings. The summed E-state index contributed by atoms with van der Waals surface area (Å²) < 4.78 is 11.2. The van der Waals surface area contributed by atoms with Crippen molar-refractivity contribution in [3.8, 4) is 0 Å². The largest absolute Gasteiger partial charge is 0.461 e. The van der Waals surface area contributed by atoms with Gasteiger partial charge in [0, 0.05) is 11.8 Å². The molecule has 4 fully saturated rings. The van der Waals surface area contributed by atoms with Crippen LogP contribution in [-0.4, -0.2) is 46.7 Å². The average molecular weight is 280 g/mol. The van der Waals surface area contributed by atoms with Crippen molar-refractivity contribution in [2.45, 2.75) is 43.7 Å². The monoisotopic (exact) mass is 280 g/mol. The number of aliphatic hydroxyl groups excluding tert-OH is 2. The van der Waals surface area contributed by atoms with E-state index in [9.17, 15) is 15.0 Å². The van der Waals surface area contributed by atoms with Crippen LogP contribution in [0.15, 0.2) is 12.2 Å². The van der Waals surface area contributed by atoms with Crippen LogP contribution in [0.5, 0.6) is 0 Å². The summed E-state index contributed by atoms with van der Waals surface area (Å²) in [4.78, 5) is 11.9. The molecule has 110 valence electrons. The summed E-state index contributed by atoms with van der Waals surface area (Å²) in [7, 11) is 0. The van der Waals surface area contributed by atoms with E-state index < -0.39 is 17.8 Å². The van der Waals surface area contributed by atoms with E-state index in [1.807, 2.05) is 6.92 Å². The lowest BCUT2D eigenvalue weighted by molar-refractivity contribution is -0.147. The van der Waals surface area contributed by atoms with Crippen LogP contribution in [0.3, 0.4) is 0 Å². The molecule has 2 aliphatic heterocycles. The molecule has 0 aromatic heterocycles. The van der Waals surface area contributed by atoms with E-state index >= 15 is 0 Å². The first kappa shape index (κ1) is 12.8. The summed E-state index contributed by atoms with van der Waals surface area (Å²) in [5.41, 5.74) is 0.372. The van der Waals surface area contributed by atoms with Crippen LogP contribution in [0.2, 0.25) is 0 Å². The number of rotatable bonds is 0. The lowest BCUT2D eigenvalue weighted by Crippen LogP contribution is -2.43. The summed E-state index contributed by atoms with van der Waals surface area (Å²) in [6.45, 7) is 6.42. The summed E-state index contributed by atoms with van der Waals surface area (Å²) >= 11 is 0. The number of fused-ring (bicyclic) bond motifs is 4. The van der Waals surface area contributed by atoms with E-state index in [0.717, 1.165) is 5.57 Å². The van der Waals surface area contributed by atoms with Gasteiger partial charge in [-0.25, -0.2) is 0 Å². The second-order valence-electron chi connectivity index (χ2n) is 6.82. The van der Waals surface area contributed by atoms with Crippen LogP contribution in [0.25, 0.3) is 0 Å². The van der Waals surface area contributed by atoms with Crippen molar-refractivity contribution in [3.63, 3.8) is 0 Å². The number of aliphatic hydroxyl groups is 2. The molecule has 4 rings (SSSR count). The van der Waals surface area contributed by atoms with Gasteiger partial charge in [-0.2, -0.15) is 0 Å². The third kappa shape index (κ3) is 1.41. The highest BCUT2D eigenvalue weighted by Crippen LogP contribution is 2.59. The average Bonchev–Trinajstić information content (AvgIpc) is 3.05. The van der Waals surface area contributed by atoms with Gasteiger partial charge in [0.1, 0.15) is 11.7 Å². The standard InChI is InChI=1S/C15H20O5/c1-6-3-9(16)11-7(2)14(18)20-13(11)12-8(6)4-10(17)15(12)5-19-15/h7-13,16-17H,1,3-5H2,2H3/t7-,8-,9-,10-,11+,12-,13-,15+/m0/s1. The smallest absolute Gasteiger partial charge is 0.309 e. The van der Waals surface area contributed by atoms with E-state index in [-0.39, 0.29) is 35.7 Å². The zero-order valence-corrected chi connectivity index (χ0v) is 11.5. The highest BCUT2D eigenvalue weighted by molar-refractivity contribution is 5.75. The number of hydrogen-bond acceptors (Lipinski definition) is 5. The molecule has 2 heterocycles. The summed E-state index contributed by atoms with van der Waals surface area (Å²) in [6.07, 6.45) is -0.430. The minimum absolute atomic E-state index is 0.0650. The molecule has 0 unspecified atom stereocenters. The van der Waals surface area contributed by atoms with Gasteiger partial charge in [0.25, 0.3) is 0 Å². The number of ether oxygens (including phenoxy) is 2. The van der Waals surface area contributed by atoms with Gasteiger partial charge in [-0.05, 0) is 18.8 Å². The van der Waals surface area contributed by atoms with Gasteiger partial charge in [-0.15, -0.1) is 0 Å². The van der Waals surface area contributed by atoms with Gasteiger partial charge in [-0.1, -0.05) is 19.1 Å². The van der Waals surface area contributed by atoms with E-state index in [0.29, 0.717) is 19.4 Å². The first-order chi connectivity index (χ1) is 9.45. The number of epoxide rings is 1. The van der Waals surface area contributed by atoms with Gasteiger partial charge in [0.05, 0.1) is 24.7 Å². The Morgan fingerprint density at radius 1 is 1.40 bits per heavy atom. The summed E-state index contributed by atoms with van der Waals surface area (Å²) in [6, 6.07) is 0. The highest BCUT2D eigenvalue weighted by atomic mass is 16.6. The van der Waals surface area contributed by atoms with Crippen molar-refractivity contribution >= 4 is 5.97 Å². The first-order valence-corrected chi connectivity index (χ1v) is 7.34. The van der Waals surface area contributed by atoms with Crippen molar-refractivity contribution < 1.29 is 24.5 Å². The molecule has 0 radical (unpaired) electrons. The molecule has 2 aliphatic carbocycles. The van der Waals surface area contributed by atoms with Gasteiger partial charge in [0.2, 0.25) is 0 Å². The molecule has 0 bridgehead atoms. The van der Waals surface area contributed by atoms with Crippen molar-refractivity contribution in [3.05, 3.63) is 12.2 Å². The predicted molar refractivity (Wildman–Crippen MR) is 68.6 cm³/mol. The maximum Gasteiger partial charge on any atom is 0.309 e. The third-order valence-electron chi connectivity index (χ3n) is 5.89. The Morgan fingerprint density at radius 2 is 2.10 bits per heavy atom. The van der Waals surface area contributed by atoms with E-state index in [1.54, 1.807) is 0 Å². The molecule has 0 amide bonds. The number of esters is 1. The fraction of sp³-hybridized carbons (Fsp3) is 0.800. The van der Waals surface area contributed by atoms with Crippen LogP contribution < -0.4 is 0 Å². The Hall–Kier alpha value is -0.910. The van der Waals surface area contributed by atoms with Gasteiger partial charge >= 0.3 is 5.97 Å². The number of hydrogen-bond donors (Lipinski definition) is 2. The van der Waals surface area contributed by atoms with Gasteiger partial charge in [0.15, 0.2) is 0 Å². The highest BCUT2D eigenvalue weighted by Gasteiger charge is 2.70. The molecule has 1 spiro atoms. The van der Waals surface area contributed by atoms with E-state index in [2.05, 4.69) is 6.58 Å². The summed E-state index contributed by atoms with van der Waals surface area (Å²) in [5, 5.41) is 20.7. The third-order valence-corrected chi connectivity index (χ3v) is 5.89. The van der Waals surface area contributed by atoms with Crippen LogP contribution >= 0.6 is 0 Å². The van der Waals surface area contributed by atoms with Crippen LogP contribution in [-0.2, 0) is 14.3 Å². The fourth-order valence-electron chi connectivity index (χ4n) is 4.73. The second kappa shape index (κ2) is 3.84. The van der Waals surface area contributed by atoms with Crippen LogP contribution in [0, 0.1) is 23.7 Å². The Kier molecular flexibility index (Phi) is 2.46. The molecule has 0 aromatic carbocycles. The van der Waals surface area contributed by atoms with Crippen molar-refractivity contribution in [2.24, 2.45) is 23.7 Å². The lowest BCUT2D eigenvalue weighted by Gasteiger charge is -2.30.